The van der Waals surface area contributed by atoms with Crippen LogP contribution in [0.2, 0.25) is 0 Å². The number of benzene rings is 8. The Morgan fingerprint density at radius 2 is 1.04 bits per heavy atom. The smallest absolute Gasteiger partial charge is 0.159 e. The summed E-state index contributed by atoms with van der Waals surface area (Å²) >= 11 is 0. The van der Waals surface area contributed by atoms with Gasteiger partial charge in [0.05, 0.1) is 22.4 Å². The van der Waals surface area contributed by atoms with Crippen molar-refractivity contribution in [1.82, 2.24) is 4.57 Å². The highest BCUT2D eigenvalue weighted by molar-refractivity contribution is 6.17. The maximum absolute atomic E-state index is 6.85. The quantitative estimate of drug-likeness (QED) is 0.190. The number of fused-ring (bicyclic) bond motifs is 7. The van der Waals surface area contributed by atoms with Crippen molar-refractivity contribution in [2.45, 2.75) is 0 Å². The molecule has 2 aromatic heterocycles. The van der Waals surface area contributed by atoms with Crippen LogP contribution in [0.5, 0.6) is 0 Å². The third-order valence-electron chi connectivity index (χ3n) is 9.75. The van der Waals surface area contributed by atoms with Crippen molar-refractivity contribution in [3.05, 3.63) is 182 Å². The molecule has 0 saturated heterocycles. The third kappa shape index (κ3) is 4.37. The van der Waals surface area contributed by atoms with Crippen LogP contribution in [0, 0.1) is 0 Å². The highest BCUT2D eigenvalue weighted by atomic mass is 16.3. The monoisotopic (exact) mass is 626 g/mol. The van der Waals surface area contributed by atoms with Crippen molar-refractivity contribution in [3.63, 3.8) is 0 Å². The number of nitrogens with zero attached hydrogens (tertiary/aromatic N) is 2. The zero-order chi connectivity index (χ0) is 32.3. The maximum Gasteiger partial charge on any atom is 0.159 e. The minimum Gasteiger partial charge on any atom is -0.454 e. The number of anilines is 3. The number of hydrogen-bond acceptors (Lipinski definition) is 2. The molecule has 0 unspecified atom stereocenters. The van der Waals surface area contributed by atoms with Gasteiger partial charge in [0, 0.05) is 32.9 Å². The van der Waals surface area contributed by atoms with Crippen LogP contribution < -0.4 is 4.90 Å². The van der Waals surface area contributed by atoms with Gasteiger partial charge in [-0.15, -0.1) is 0 Å². The maximum atomic E-state index is 6.85. The summed E-state index contributed by atoms with van der Waals surface area (Å²) in [5, 5.41) is 7.00. The Kier molecular flexibility index (Phi) is 6.18. The normalized spacial score (nSPS) is 11.7. The van der Waals surface area contributed by atoms with Crippen LogP contribution in [0.3, 0.4) is 0 Å². The Labute approximate surface area is 283 Å². The Morgan fingerprint density at radius 3 is 1.84 bits per heavy atom. The lowest BCUT2D eigenvalue weighted by Gasteiger charge is -2.27. The highest BCUT2D eigenvalue weighted by Gasteiger charge is 2.24. The lowest BCUT2D eigenvalue weighted by molar-refractivity contribution is 0.669. The SMILES string of the molecule is c1ccc(-c2ccc(N(c3cccc4c3oc3cc5ccccc5cc34)c3cccc4c5ccccc5n(-c5ccccc5)c34)cc2)cc1. The van der Waals surface area contributed by atoms with Crippen molar-refractivity contribution in [1.29, 1.82) is 0 Å². The summed E-state index contributed by atoms with van der Waals surface area (Å²) in [6, 6.07) is 64.9. The number of furan rings is 1. The molecule has 0 radical (unpaired) electrons. The lowest BCUT2D eigenvalue weighted by atomic mass is 10.0. The summed E-state index contributed by atoms with van der Waals surface area (Å²) in [4.78, 5) is 2.37. The molecular formula is C46H30N2O. The van der Waals surface area contributed by atoms with Crippen LogP contribution in [0.25, 0.3) is 71.3 Å². The first-order valence-electron chi connectivity index (χ1n) is 16.7. The van der Waals surface area contributed by atoms with Crippen molar-refractivity contribution in [2.24, 2.45) is 0 Å². The number of para-hydroxylation sites is 4. The van der Waals surface area contributed by atoms with E-state index in [1.807, 2.05) is 0 Å². The van der Waals surface area contributed by atoms with Crippen molar-refractivity contribution in [3.8, 4) is 16.8 Å². The fourth-order valence-corrected chi connectivity index (χ4v) is 7.51. The molecule has 8 aromatic carbocycles. The summed E-state index contributed by atoms with van der Waals surface area (Å²) in [7, 11) is 0. The summed E-state index contributed by atoms with van der Waals surface area (Å²) < 4.78 is 9.25. The fraction of sp³-hybridized carbons (Fsp3) is 0. The van der Waals surface area contributed by atoms with E-state index in [-0.39, 0.29) is 0 Å². The minimum absolute atomic E-state index is 0.860. The lowest BCUT2D eigenvalue weighted by Crippen LogP contribution is -2.12. The van der Waals surface area contributed by atoms with Crippen LogP contribution in [0.1, 0.15) is 0 Å². The molecule has 0 spiro atoms. The molecule has 3 heteroatoms. The zero-order valence-electron chi connectivity index (χ0n) is 26.6. The van der Waals surface area contributed by atoms with Crippen LogP contribution in [-0.4, -0.2) is 4.57 Å². The van der Waals surface area contributed by atoms with Crippen molar-refractivity contribution in [2.75, 3.05) is 4.90 Å². The number of aromatic nitrogens is 1. The first-order chi connectivity index (χ1) is 24.3. The second kappa shape index (κ2) is 11.0. The Morgan fingerprint density at radius 1 is 0.429 bits per heavy atom. The molecule has 0 N–H and O–H groups in total. The van der Waals surface area contributed by atoms with Gasteiger partial charge in [0.1, 0.15) is 5.58 Å². The molecule has 3 nitrogen and oxygen atoms in total. The highest BCUT2D eigenvalue weighted by Crippen LogP contribution is 2.47. The molecule has 0 aliphatic rings. The molecular weight excluding hydrogens is 597 g/mol. The van der Waals surface area contributed by atoms with Gasteiger partial charge in [-0.1, -0.05) is 127 Å². The molecule has 2 heterocycles. The van der Waals surface area contributed by atoms with Gasteiger partial charge in [0.15, 0.2) is 5.58 Å². The Hall–Kier alpha value is -6.58. The topological polar surface area (TPSA) is 21.3 Å². The standard InChI is InChI=1S/C46H30N2O/c1-3-13-31(14-4-1)32-25-27-36(28-26-32)47(43-24-12-21-39-40-29-33-15-7-8-16-34(33)30-44(40)49-46(39)43)42-23-11-20-38-37-19-9-10-22-41(37)48(45(38)42)35-17-5-2-6-18-35/h1-30H. The van der Waals surface area contributed by atoms with Crippen molar-refractivity contribution >= 4 is 71.6 Å². The molecule has 10 aromatic rings. The summed E-state index contributed by atoms with van der Waals surface area (Å²) in [5.41, 5.74) is 10.7. The van der Waals surface area contributed by atoms with E-state index in [1.54, 1.807) is 0 Å². The molecule has 0 amide bonds. The first-order valence-corrected chi connectivity index (χ1v) is 16.7. The first kappa shape index (κ1) is 27.5. The van der Waals surface area contributed by atoms with Gasteiger partial charge in [0.2, 0.25) is 0 Å². The molecule has 0 bridgehead atoms. The second-order valence-corrected chi connectivity index (χ2v) is 12.6. The molecule has 0 aliphatic heterocycles. The Bertz CT molecular complexity index is 2810. The van der Waals surface area contributed by atoms with Gasteiger partial charge in [-0.05, 0) is 76.5 Å². The fourth-order valence-electron chi connectivity index (χ4n) is 7.51. The number of rotatable bonds is 5. The van der Waals surface area contributed by atoms with Gasteiger partial charge in [0.25, 0.3) is 0 Å². The van der Waals surface area contributed by atoms with E-state index in [4.69, 9.17) is 4.42 Å². The second-order valence-electron chi connectivity index (χ2n) is 12.6. The molecule has 0 fully saturated rings. The van der Waals surface area contributed by atoms with Gasteiger partial charge >= 0.3 is 0 Å². The van der Waals surface area contributed by atoms with E-state index >= 15 is 0 Å². The largest absolute Gasteiger partial charge is 0.454 e. The average molecular weight is 627 g/mol. The van der Waals surface area contributed by atoms with E-state index in [0.29, 0.717) is 0 Å². The summed E-state index contributed by atoms with van der Waals surface area (Å²) in [6.07, 6.45) is 0. The zero-order valence-corrected chi connectivity index (χ0v) is 26.6. The van der Waals surface area contributed by atoms with Crippen molar-refractivity contribution < 1.29 is 4.42 Å². The van der Waals surface area contributed by atoms with Crippen LogP contribution in [-0.2, 0) is 0 Å². The predicted molar refractivity (Wildman–Crippen MR) is 206 cm³/mol. The Balaban J connectivity index is 1.29. The van der Waals surface area contributed by atoms with Crippen LogP contribution in [0.4, 0.5) is 17.1 Å². The molecule has 10 rings (SSSR count). The molecule has 0 atom stereocenters. The third-order valence-corrected chi connectivity index (χ3v) is 9.75. The number of hydrogen-bond donors (Lipinski definition) is 0. The van der Waals surface area contributed by atoms with Gasteiger partial charge in [-0.25, -0.2) is 0 Å². The minimum atomic E-state index is 0.860. The van der Waals surface area contributed by atoms with E-state index in [2.05, 4.69) is 191 Å². The van der Waals surface area contributed by atoms with E-state index in [1.165, 1.54) is 38.2 Å². The van der Waals surface area contributed by atoms with Crippen LogP contribution >= 0.6 is 0 Å². The average Bonchev–Trinajstić information content (AvgIpc) is 3.71. The van der Waals surface area contributed by atoms with E-state index in [0.717, 1.165) is 50.2 Å². The van der Waals surface area contributed by atoms with Gasteiger partial charge in [-0.3, -0.25) is 0 Å². The molecule has 49 heavy (non-hydrogen) atoms. The molecule has 0 aliphatic carbocycles. The van der Waals surface area contributed by atoms with Gasteiger partial charge in [-0.2, -0.15) is 0 Å². The molecule has 230 valence electrons. The molecule has 0 saturated carbocycles. The summed E-state index contributed by atoms with van der Waals surface area (Å²) in [6.45, 7) is 0. The van der Waals surface area contributed by atoms with Crippen LogP contribution in [0.15, 0.2) is 186 Å². The summed E-state index contributed by atoms with van der Waals surface area (Å²) in [5.74, 6) is 0. The van der Waals surface area contributed by atoms with E-state index in [9.17, 15) is 0 Å². The van der Waals surface area contributed by atoms with Gasteiger partial charge < -0.3 is 13.9 Å². The predicted octanol–water partition coefficient (Wildman–Crippen LogP) is 13.0. The van der Waals surface area contributed by atoms with E-state index < -0.39 is 0 Å².